The standard InChI is InChI=1S/C9H21N3O2/c1-8(9(11)13)12(5-3-4-10)6-7-14-2/h8H,3-7,10H2,1-2H3,(H2,11,13). The van der Waals surface area contributed by atoms with Crippen molar-refractivity contribution in [2.24, 2.45) is 11.5 Å². The number of carbonyl (C=O) groups excluding carboxylic acids is 1. The second-order valence-electron chi connectivity index (χ2n) is 3.25. The Bertz CT molecular complexity index is 156. The van der Waals surface area contributed by atoms with Crippen LogP contribution in [-0.4, -0.2) is 50.2 Å². The highest BCUT2D eigenvalue weighted by Gasteiger charge is 2.17. The van der Waals surface area contributed by atoms with Gasteiger partial charge in [0, 0.05) is 20.2 Å². The van der Waals surface area contributed by atoms with Crippen LogP contribution < -0.4 is 11.5 Å². The van der Waals surface area contributed by atoms with Gasteiger partial charge in [0.05, 0.1) is 12.6 Å². The van der Waals surface area contributed by atoms with Crippen molar-refractivity contribution < 1.29 is 9.53 Å². The molecule has 1 amide bonds. The number of hydrogen-bond acceptors (Lipinski definition) is 4. The van der Waals surface area contributed by atoms with E-state index in [9.17, 15) is 4.79 Å². The molecule has 0 saturated carbocycles. The highest BCUT2D eigenvalue weighted by Crippen LogP contribution is 1.99. The molecule has 0 rings (SSSR count). The lowest BCUT2D eigenvalue weighted by atomic mass is 10.2. The van der Waals surface area contributed by atoms with Gasteiger partial charge in [0.1, 0.15) is 0 Å². The smallest absolute Gasteiger partial charge is 0.234 e. The molecule has 0 radical (unpaired) electrons. The average Bonchev–Trinajstić information content (AvgIpc) is 2.17. The number of amides is 1. The van der Waals surface area contributed by atoms with Crippen LogP contribution >= 0.6 is 0 Å². The quantitative estimate of drug-likeness (QED) is 0.539. The predicted octanol–water partition coefficient (Wildman–Crippen LogP) is -0.843. The first-order chi connectivity index (χ1) is 6.63. The number of nitrogens with zero attached hydrogens (tertiary/aromatic N) is 1. The van der Waals surface area contributed by atoms with Crippen LogP contribution in [0, 0.1) is 0 Å². The van der Waals surface area contributed by atoms with Crippen molar-refractivity contribution in [3.8, 4) is 0 Å². The third-order valence-electron chi connectivity index (χ3n) is 2.19. The van der Waals surface area contributed by atoms with Gasteiger partial charge in [-0.15, -0.1) is 0 Å². The van der Waals surface area contributed by atoms with Gasteiger partial charge in [0.15, 0.2) is 0 Å². The van der Waals surface area contributed by atoms with Crippen molar-refractivity contribution in [2.45, 2.75) is 19.4 Å². The monoisotopic (exact) mass is 203 g/mol. The van der Waals surface area contributed by atoms with Crippen molar-refractivity contribution in [3.63, 3.8) is 0 Å². The molecular weight excluding hydrogens is 182 g/mol. The van der Waals surface area contributed by atoms with Gasteiger partial charge >= 0.3 is 0 Å². The molecule has 4 N–H and O–H groups in total. The number of ether oxygens (including phenoxy) is 1. The molecule has 84 valence electrons. The molecule has 1 unspecified atom stereocenters. The molecule has 0 spiro atoms. The zero-order valence-electron chi connectivity index (χ0n) is 9.03. The first kappa shape index (κ1) is 13.4. The normalized spacial score (nSPS) is 13.1. The van der Waals surface area contributed by atoms with E-state index in [1.807, 2.05) is 4.90 Å². The molecule has 14 heavy (non-hydrogen) atoms. The fourth-order valence-electron chi connectivity index (χ4n) is 1.18. The van der Waals surface area contributed by atoms with Crippen LogP contribution in [0.4, 0.5) is 0 Å². The number of nitrogens with two attached hydrogens (primary N) is 2. The lowest BCUT2D eigenvalue weighted by Gasteiger charge is -2.26. The highest BCUT2D eigenvalue weighted by atomic mass is 16.5. The Labute approximate surface area is 85.4 Å². The van der Waals surface area contributed by atoms with Crippen LogP contribution in [0.15, 0.2) is 0 Å². The van der Waals surface area contributed by atoms with Gasteiger partial charge < -0.3 is 16.2 Å². The van der Waals surface area contributed by atoms with Crippen molar-refractivity contribution in [1.29, 1.82) is 0 Å². The second kappa shape index (κ2) is 7.73. The molecule has 0 heterocycles. The summed E-state index contributed by atoms with van der Waals surface area (Å²) in [7, 11) is 1.63. The maximum Gasteiger partial charge on any atom is 0.234 e. The lowest BCUT2D eigenvalue weighted by molar-refractivity contribution is -0.122. The summed E-state index contributed by atoms with van der Waals surface area (Å²) in [6, 6.07) is -0.253. The minimum atomic E-state index is -0.307. The molecule has 0 saturated heterocycles. The summed E-state index contributed by atoms with van der Waals surface area (Å²) in [5.41, 5.74) is 10.6. The molecule has 0 aromatic heterocycles. The van der Waals surface area contributed by atoms with Crippen LogP contribution in [0.2, 0.25) is 0 Å². The van der Waals surface area contributed by atoms with Crippen molar-refractivity contribution >= 4 is 5.91 Å². The molecule has 0 aromatic carbocycles. The molecule has 0 fully saturated rings. The van der Waals surface area contributed by atoms with E-state index >= 15 is 0 Å². The van der Waals surface area contributed by atoms with Crippen LogP contribution in [0.5, 0.6) is 0 Å². The zero-order chi connectivity index (χ0) is 11.0. The number of methoxy groups -OCH3 is 1. The summed E-state index contributed by atoms with van der Waals surface area (Å²) in [5.74, 6) is -0.307. The van der Waals surface area contributed by atoms with E-state index in [0.29, 0.717) is 19.7 Å². The van der Waals surface area contributed by atoms with Crippen LogP contribution in [-0.2, 0) is 9.53 Å². The van der Waals surface area contributed by atoms with Crippen molar-refractivity contribution in [2.75, 3.05) is 33.4 Å². The summed E-state index contributed by atoms with van der Waals surface area (Å²) in [5, 5.41) is 0. The molecular formula is C9H21N3O2. The predicted molar refractivity (Wildman–Crippen MR) is 55.8 cm³/mol. The van der Waals surface area contributed by atoms with Crippen molar-refractivity contribution in [1.82, 2.24) is 4.90 Å². The van der Waals surface area contributed by atoms with Crippen LogP contribution in [0.3, 0.4) is 0 Å². The van der Waals surface area contributed by atoms with E-state index in [2.05, 4.69) is 0 Å². The van der Waals surface area contributed by atoms with Gasteiger partial charge in [0.2, 0.25) is 5.91 Å². The Morgan fingerprint density at radius 3 is 2.57 bits per heavy atom. The molecule has 0 aliphatic rings. The zero-order valence-corrected chi connectivity index (χ0v) is 9.03. The molecule has 0 aliphatic heterocycles. The number of carbonyl (C=O) groups is 1. The van der Waals surface area contributed by atoms with Crippen LogP contribution in [0.25, 0.3) is 0 Å². The Balaban J connectivity index is 4.01. The Hall–Kier alpha value is -0.650. The van der Waals surface area contributed by atoms with Gasteiger partial charge in [-0.05, 0) is 19.9 Å². The number of rotatable bonds is 8. The second-order valence-corrected chi connectivity index (χ2v) is 3.25. The summed E-state index contributed by atoms with van der Waals surface area (Å²) >= 11 is 0. The van der Waals surface area contributed by atoms with E-state index in [0.717, 1.165) is 13.0 Å². The van der Waals surface area contributed by atoms with E-state index in [4.69, 9.17) is 16.2 Å². The Kier molecular flexibility index (Phi) is 7.37. The van der Waals surface area contributed by atoms with Gasteiger partial charge in [-0.3, -0.25) is 9.69 Å². The number of hydrogen-bond donors (Lipinski definition) is 2. The van der Waals surface area contributed by atoms with E-state index in [-0.39, 0.29) is 11.9 Å². The van der Waals surface area contributed by atoms with Crippen molar-refractivity contribution in [3.05, 3.63) is 0 Å². The maximum absolute atomic E-state index is 11.0. The summed E-state index contributed by atoms with van der Waals surface area (Å²) in [6.07, 6.45) is 0.862. The molecule has 5 nitrogen and oxygen atoms in total. The highest BCUT2D eigenvalue weighted by molar-refractivity contribution is 5.79. The Morgan fingerprint density at radius 2 is 2.14 bits per heavy atom. The summed E-state index contributed by atoms with van der Waals surface area (Å²) < 4.78 is 4.96. The van der Waals surface area contributed by atoms with E-state index in [1.54, 1.807) is 14.0 Å². The third-order valence-corrected chi connectivity index (χ3v) is 2.19. The lowest BCUT2D eigenvalue weighted by Crippen LogP contribution is -2.45. The fraction of sp³-hybridized carbons (Fsp3) is 0.889. The topological polar surface area (TPSA) is 81.6 Å². The SMILES string of the molecule is COCCN(CCCN)C(C)C(N)=O. The molecule has 0 bridgehead atoms. The molecule has 0 aliphatic carbocycles. The third kappa shape index (κ3) is 5.16. The molecule has 1 atom stereocenters. The summed E-state index contributed by atoms with van der Waals surface area (Å²) in [6.45, 7) is 4.51. The van der Waals surface area contributed by atoms with Gasteiger partial charge in [0.25, 0.3) is 0 Å². The van der Waals surface area contributed by atoms with E-state index < -0.39 is 0 Å². The van der Waals surface area contributed by atoms with Gasteiger partial charge in [-0.2, -0.15) is 0 Å². The fourth-order valence-corrected chi connectivity index (χ4v) is 1.18. The van der Waals surface area contributed by atoms with Crippen LogP contribution in [0.1, 0.15) is 13.3 Å². The largest absolute Gasteiger partial charge is 0.383 e. The number of primary amides is 1. The summed E-state index contributed by atoms with van der Waals surface area (Å²) in [4.78, 5) is 13.0. The molecule has 5 heteroatoms. The minimum Gasteiger partial charge on any atom is -0.383 e. The first-order valence-corrected chi connectivity index (χ1v) is 4.85. The minimum absolute atomic E-state index is 0.253. The molecule has 0 aromatic rings. The van der Waals surface area contributed by atoms with Gasteiger partial charge in [-0.25, -0.2) is 0 Å². The Morgan fingerprint density at radius 1 is 1.50 bits per heavy atom. The maximum atomic E-state index is 11.0. The first-order valence-electron chi connectivity index (χ1n) is 4.85. The average molecular weight is 203 g/mol. The van der Waals surface area contributed by atoms with Gasteiger partial charge in [-0.1, -0.05) is 0 Å². The van der Waals surface area contributed by atoms with E-state index in [1.165, 1.54) is 0 Å².